The van der Waals surface area contributed by atoms with Crippen molar-refractivity contribution in [3.8, 4) is 11.1 Å². The van der Waals surface area contributed by atoms with E-state index in [4.69, 9.17) is 5.73 Å². The van der Waals surface area contributed by atoms with Crippen LogP contribution in [0.1, 0.15) is 19.4 Å². The molecule has 0 aliphatic rings. The lowest BCUT2D eigenvalue weighted by Crippen LogP contribution is -2.28. The van der Waals surface area contributed by atoms with Crippen LogP contribution in [0.25, 0.3) is 21.9 Å². The molecule has 1 heterocycles. The molecule has 0 aliphatic carbocycles. The van der Waals surface area contributed by atoms with Crippen LogP contribution in [0, 0.1) is 0 Å². The maximum absolute atomic E-state index is 6.18. The lowest BCUT2D eigenvalue weighted by atomic mass is 9.92. The Morgan fingerprint density at radius 1 is 0.957 bits per heavy atom. The highest BCUT2D eigenvalue weighted by Crippen LogP contribution is 2.36. The average Bonchev–Trinajstić information content (AvgIpc) is 2.53. The summed E-state index contributed by atoms with van der Waals surface area (Å²) in [7, 11) is 4.16. The van der Waals surface area contributed by atoms with Crippen molar-refractivity contribution in [3.05, 3.63) is 60.4 Å². The summed E-state index contributed by atoms with van der Waals surface area (Å²) in [6, 6.07) is 14.9. The SMILES string of the molecule is CN(C)c1c(-c2ccc(C(C)(C)N)cc2)ccc2cnccc12. The molecule has 0 aliphatic heterocycles. The van der Waals surface area contributed by atoms with Gasteiger partial charge in [-0.3, -0.25) is 4.98 Å². The first kappa shape index (κ1) is 15.5. The Hall–Kier alpha value is -2.39. The third-order valence-electron chi connectivity index (χ3n) is 4.18. The molecule has 3 heteroatoms. The average molecular weight is 305 g/mol. The number of aromatic nitrogens is 1. The number of hydrogen-bond acceptors (Lipinski definition) is 3. The molecule has 0 fully saturated rings. The van der Waals surface area contributed by atoms with Gasteiger partial charge in [-0.1, -0.05) is 36.4 Å². The van der Waals surface area contributed by atoms with Gasteiger partial charge in [0.15, 0.2) is 0 Å². The van der Waals surface area contributed by atoms with Crippen LogP contribution in [0.15, 0.2) is 54.9 Å². The monoisotopic (exact) mass is 305 g/mol. The summed E-state index contributed by atoms with van der Waals surface area (Å²) >= 11 is 0. The Morgan fingerprint density at radius 2 is 1.65 bits per heavy atom. The zero-order chi connectivity index (χ0) is 16.6. The Bertz CT molecular complexity index is 828. The summed E-state index contributed by atoms with van der Waals surface area (Å²) < 4.78 is 0. The van der Waals surface area contributed by atoms with Gasteiger partial charge in [-0.15, -0.1) is 0 Å². The van der Waals surface area contributed by atoms with Crippen molar-refractivity contribution in [3.63, 3.8) is 0 Å². The predicted octanol–water partition coefficient (Wildman–Crippen LogP) is 4.16. The second-order valence-corrected chi connectivity index (χ2v) is 6.75. The molecule has 0 saturated heterocycles. The molecule has 2 N–H and O–H groups in total. The summed E-state index contributed by atoms with van der Waals surface area (Å²) in [6.45, 7) is 4.05. The van der Waals surface area contributed by atoms with Gasteiger partial charge in [0.2, 0.25) is 0 Å². The highest BCUT2D eigenvalue weighted by atomic mass is 15.1. The highest BCUT2D eigenvalue weighted by molar-refractivity contribution is 6.01. The van der Waals surface area contributed by atoms with E-state index in [0.717, 1.165) is 10.9 Å². The fraction of sp³-hybridized carbons (Fsp3) is 0.250. The quantitative estimate of drug-likeness (QED) is 0.790. The van der Waals surface area contributed by atoms with Crippen molar-refractivity contribution in [2.24, 2.45) is 5.73 Å². The number of benzene rings is 2. The first-order valence-corrected chi connectivity index (χ1v) is 7.82. The lowest BCUT2D eigenvalue weighted by Gasteiger charge is -2.22. The Kier molecular flexibility index (Phi) is 3.82. The molecule has 0 amide bonds. The van der Waals surface area contributed by atoms with Crippen LogP contribution < -0.4 is 10.6 Å². The summed E-state index contributed by atoms with van der Waals surface area (Å²) in [5.74, 6) is 0. The van der Waals surface area contributed by atoms with Crippen LogP contribution in [0.4, 0.5) is 5.69 Å². The van der Waals surface area contributed by atoms with Gasteiger partial charge in [-0.05, 0) is 31.0 Å². The molecule has 118 valence electrons. The maximum Gasteiger partial charge on any atom is 0.0521 e. The molecular weight excluding hydrogens is 282 g/mol. The molecule has 0 spiro atoms. The van der Waals surface area contributed by atoms with Gasteiger partial charge in [-0.25, -0.2) is 0 Å². The van der Waals surface area contributed by atoms with Gasteiger partial charge in [-0.2, -0.15) is 0 Å². The van der Waals surface area contributed by atoms with Crippen molar-refractivity contribution in [1.82, 2.24) is 4.98 Å². The summed E-state index contributed by atoms with van der Waals surface area (Å²) in [5, 5.41) is 2.37. The standard InChI is InChI=1S/C20H23N3/c1-20(2,21)16-8-5-14(6-9-16)17-10-7-15-13-22-12-11-18(15)19(17)23(3)4/h5-13H,21H2,1-4H3. The Balaban J connectivity index is 2.18. The minimum Gasteiger partial charge on any atom is -0.377 e. The van der Waals surface area contributed by atoms with Crippen molar-refractivity contribution >= 4 is 16.5 Å². The molecule has 2 aromatic carbocycles. The number of rotatable bonds is 3. The molecule has 0 atom stereocenters. The molecule has 3 aromatic rings. The molecular formula is C20H23N3. The first-order valence-electron chi connectivity index (χ1n) is 7.82. The van der Waals surface area contributed by atoms with E-state index < -0.39 is 0 Å². The Morgan fingerprint density at radius 3 is 2.26 bits per heavy atom. The third kappa shape index (κ3) is 2.92. The lowest BCUT2D eigenvalue weighted by molar-refractivity contribution is 0.554. The fourth-order valence-corrected chi connectivity index (χ4v) is 2.95. The van der Waals surface area contributed by atoms with E-state index in [1.807, 2.05) is 26.2 Å². The molecule has 0 bridgehead atoms. The number of nitrogens with two attached hydrogens (primary N) is 1. The minimum atomic E-state index is -0.321. The number of anilines is 1. The van der Waals surface area contributed by atoms with Crippen molar-refractivity contribution in [1.29, 1.82) is 0 Å². The molecule has 1 aromatic heterocycles. The topological polar surface area (TPSA) is 42.1 Å². The summed E-state index contributed by atoms with van der Waals surface area (Å²) in [5.41, 5.74) is 10.6. The van der Waals surface area contributed by atoms with Crippen LogP contribution in [-0.2, 0) is 5.54 Å². The first-order chi connectivity index (χ1) is 10.9. The molecule has 3 nitrogen and oxygen atoms in total. The zero-order valence-corrected chi connectivity index (χ0v) is 14.2. The van der Waals surface area contributed by atoms with Crippen LogP contribution in [0.3, 0.4) is 0 Å². The van der Waals surface area contributed by atoms with E-state index in [0.29, 0.717) is 0 Å². The molecule has 3 rings (SSSR count). The van der Waals surface area contributed by atoms with E-state index in [-0.39, 0.29) is 5.54 Å². The van der Waals surface area contributed by atoms with E-state index >= 15 is 0 Å². The summed E-state index contributed by atoms with van der Waals surface area (Å²) in [4.78, 5) is 6.39. The molecule has 0 saturated carbocycles. The van der Waals surface area contributed by atoms with Gasteiger partial charge in [0, 0.05) is 48.4 Å². The second kappa shape index (κ2) is 5.67. The van der Waals surface area contributed by atoms with Crippen LogP contribution in [0.5, 0.6) is 0 Å². The van der Waals surface area contributed by atoms with Crippen LogP contribution in [-0.4, -0.2) is 19.1 Å². The number of fused-ring (bicyclic) bond motifs is 1. The smallest absolute Gasteiger partial charge is 0.0521 e. The third-order valence-corrected chi connectivity index (χ3v) is 4.18. The molecule has 0 unspecified atom stereocenters. The fourth-order valence-electron chi connectivity index (χ4n) is 2.95. The maximum atomic E-state index is 6.18. The number of hydrogen-bond donors (Lipinski definition) is 1. The highest BCUT2D eigenvalue weighted by Gasteiger charge is 2.15. The predicted molar refractivity (Wildman–Crippen MR) is 98.7 cm³/mol. The zero-order valence-electron chi connectivity index (χ0n) is 14.2. The van der Waals surface area contributed by atoms with E-state index in [1.54, 1.807) is 0 Å². The van der Waals surface area contributed by atoms with Crippen LogP contribution >= 0.6 is 0 Å². The van der Waals surface area contributed by atoms with Crippen molar-refractivity contribution in [2.75, 3.05) is 19.0 Å². The van der Waals surface area contributed by atoms with Gasteiger partial charge in [0.25, 0.3) is 0 Å². The van der Waals surface area contributed by atoms with E-state index in [2.05, 4.69) is 66.4 Å². The van der Waals surface area contributed by atoms with Crippen molar-refractivity contribution < 1.29 is 0 Å². The normalized spacial score (nSPS) is 11.7. The Labute approximate surface area is 137 Å². The van der Waals surface area contributed by atoms with Crippen LogP contribution in [0.2, 0.25) is 0 Å². The van der Waals surface area contributed by atoms with Gasteiger partial charge in [0.1, 0.15) is 0 Å². The largest absolute Gasteiger partial charge is 0.377 e. The molecule has 0 radical (unpaired) electrons. The van der Waals surface area contributed by atoms with Crippen molar-refractivity contribution in [2.45, 2.75) is 19.4 Å². The second-order valence-electron chi connectivity index (χ2n) is 6.75. The minimum absolute atomic E-state index is 0.321. The van der Waals surface area contributed by atoms with Gasteiger partial charge >= 0.3 is 0 Å². The summed E-state index contributed by atoms with van der Waals surface area (Å²) in [6.07, 6.45) is 3.76. The molecule has 23 heavy (non-hydrogen) atoms. The van der Waals surface area contributed by atoms with E-state index in [9.17, 15) is 0 Å². The number of nitrogens with zero attached hydrogens (tertiary/aromatic N) is 2. The number of pyridine rings is 1. The van der Waals surface area contributed by atoms with Gasteiger partial charge < -0.3 is 10.6 Å². The van der Waals surface area contributed by atoms with Gasteiger partial charge in [0.05, 0.1) is 5.69 Å². The van der Waals surface area contributed by atoms with E-state index in [1.165, 1.54) is 22.2 Å².